The van der Waals surface area contributed by atoms with Gasteiger partial charge in [0, 0.05) is 0 Å². The maximum atomic E-state index is 12.7. The monoisotopic (exact) mass is 416 g/mol. The van der Waals surface area contributed by atoms with E-state index in [1.807, 2.05) is 0 Å². The molecule has 0 unspecified atom stereocenters. The Balaban J connectivity index is 1.51. The van der Waals surface area contributed by atoms with Gasteiger partial charge >= 0.3 is 5.97 Å². The predicted molar refractivity (Wildman–Crippen MR) is 108 cm³/mol. The molecule has 1 aliphatic rings. The topological polar surface area (TPSA) is 106 Å². The lowest BCUT2D eigenvalue weighted by molar-refractivity contribution is -0.141. The van der Waals surface area contributed by atoms with Gasteiger partial charge in [-0.1, -0.05) is 42.5 Å². The minimum atomic E-state index is -0.916. The first kappa shape index (κ1) is 19.8. The van der Waals surface area contributed by atoms with Crippen LogP contribution < -0.4 is 5.32 Å². The Kier molecular flexibility index (Phi) is 5.44. The van der Waals surface area contributed by atoms with Gasteiger partial charge in [0.05, 0.1) is 17.4 Å². The van der Waals surface area contributed by atoms with Crippen molar-refractivity contribution in [3.05, 3.63) is 101 Å². The van der Waals surface area contributed by atoms with Gasteiger partial charge in [-0.25, -0.2) is 9.69 Å². The second kappa shape index (κ2) is 8.50. The molecular weight excluding hydrogens is 400 g/mol. The van der Waals surface area contributed by atoms with Gasteiger partial charge in [0.15, 0.2) is 12.5 Å². The number of nitrogens with zero attached hydrogens (tertiary/aromatic N) is 1. The van der Waals surface area contributed by atoms with E-state index in [2.05, 4.69) is 5.32 Å². The Morgan fingerprint density at radius 2 is 1.55 bits per heavy atom. The molecule has 2 aromatic carbocycles. The standard InChI is InChI=1S/C23H16N2O6/c26-20(19-11-6-12-30-19)24-18(13-15-7-2-1-3-8-15)23(29)31-14-25-21(27)16-9-4-5-10-17(16)22(25)28/h1-13H,14H2,(H,24,26)/b18-13-. The second-order valence-electron chi connectivity index (χ2n) is 6.54. The number of rotatable bonds is 6. The summed E-state index contributed by atoms with van der Waals surface area (Å²) >= 11 is 0. The molecule has 3 aromatic rings. The van der Waals surface area contributed by atoms with Crippen LogP contribution in [0.25, 0.3) is 6.08 Å². The average Bonchev–Trinajstić information content (AvgIpc) is 3.41. The summed E-state index contributed by atoms with van der Waals surface area (Å²) in [6.07, 6.45) is 2.75. The molecule has 0 saturated carbocycles. The zero-order valence-electron chi connectivity index (χ0n) is 16.1. The highest BCUT2D eigenvalue weighted by molar-refractivity contribution is 6.21. The second-order valence-corrected chi connectivity index (χ2v) is 6.54. The maximum Gasteiger partial charge on any atom is 0.356 e. The molecule has 1 aliphatic heterocycles. The van der Waals surface area contributed by atoms with Crippen molar-refractivity contribution in [1.82, 2.24) is 10.2 Å². The summed E-state index contributed by atoms with van der Waals surface area (Å²) < 4.78 is 10.2. The van der Waals surface area contributed by atoms with Gasteiger partial charge in [0.1, 0.15) is 5.70 Å². The summed E-state index contributed by atoms with van der Waals surface area (Å²) in [4.78, 5) is 50.8. The molecule has 0 radical (unpaired) electrons. The minimum absolute atomic E-state index is 0.00658. The van der Waals surface area contributed by atoms with Crippen LogP contribution in [-0.2, 0) is 9.53 Å². The Hall–Kier alpha value is -4.46. The summed E-state index contributed by atoms with van der Waals surface area (Å²) in [6.45, 7) is -0.589. The van der Waals surface area contributed by atoms with E-state index in [4.69, 9.17) is 9.15 Å². The Labute approximate surface area is 176 Å². The number of nitrogens with one attached hydrogen (secondary N) is 1. The molecule has 1 aromatic heterocycles. The highest BCUT2D eigenvalue weighted by atomic mass is 16.5. The maximum absolute atomic E-state index is 12.7. The van der Waals surface area contributed by atoms with Crippen LogP contribution in [0.1, 0.15) is 36.8 Å². The van der Waals surface area contributed by atoms with Crippen molar-refractivity contribution in [3.8, 4) is 0 Å². The Morgan fingerprint density at radius 3 is 2.16 bits per heavy atom. The molecule has 0 atom stereocenters. The van der Waals surface area contributed by atoms with E-state index in [1.54, 1.807) is 42.5 Å². The van der Waals surface area contributed by atoms with Crippen LogP contribution in [0.3, 0.4) is 0 Å². The molecule has 2 heterocycles. The normalized spacial score (nSPS) is 13.2. The van der Waals surface area contributed by atoms with Crippen LogP contribution in [0.4, 0.5) is 0 Å². The third kappa shape index (κ3) is 4.13. The van der Waals surface area contributed by atoms with Gasteiger partial charge in [-0.2, -0.15) is 0 Å². The van der Waals surface area contributed by atoms with Crippen LogP contribution in [0, 0.1) is 0 Å². The largest absolute Gasteiger partial charge is 0.459 e. The fourth-order valence-corrected chi connectivity index (χ4v) is 3.01. The smallest absolute Gasteiger partial charge is 0.356 e. The lowest BCUT2D eigenvalue weighted by Crippen LogP contribution is -2.35. The molecule has 4 rings (SSSR count). The molecule has 0 bridgehead atoms. The minimum Gasteiger partial charge on any atom is -0.459 e. The zero-order valence-corrected chi connectivity index (χ0v) is 16.1. The third-order valence-corrected chi connectivity index (χ3v) is 4.53. The van der Waals surface area contributed by atoms with Crippen LogP contribution in [-0.4, -0.2) is 35.3 Å². The van der Waals surface area contributed by atoms with Crippen molar-refractivity contribution in [3.63, 3.8) is 0 Å². The van der Waals surface area contributed by atoms with E-state index in [9.17, 15) is 19.2 Å². The number of imide groups is 1. The van der Waals surface area contributed by atoms with Crippen molar-refractivity contribution < 1.29 is 28.3 Å². The number of amides is 3. The lowest BCUT2D eigenvalue weighted by atomic mass is 10.1. The van der Waals surface area contributed by atoms with Gasteiger partial charge in [-0.3, -0.25) is 14.4 Å². The van der Waals surface area contributed by atoms with Crippen molar-refractivity contribution in [2.75, 3.05) is 6.73 Å². The van der Waals surface area contributed by atoms with Gasteiger partial charge in [-0.05, 0) is 35.9 Å². The molecule has 31 heavy (non-hydrogen) atoms. The number of carbonyl (C=O) groups is 4. The average molecular weight is 416 g/mol. The molecule has 1 N–H and O–H groups in total. The number of hydrogen-bond acceptors (Lipinski definition) is 6. The molecule has 3 amide bonds. The molecule has 0 aliphatic carbocycles. The highest BCUT2D eigenvalue weighted by Gasteiger charge is 2.36. The van der Waals surface area contributed by atoms with E-state index in [0.29, 0.717) is 5.56 Å². The number of esters is 1. The highest BCUT2D eigenvalue weighted by Crippen LogP contribution is 2.22. The third-order valence-electron chi connectivity index (χ3n) is 4.53. The van der Waals surface area contributed by atoms with Crippen molar-refractivity contribution in [2.45, 2.75) is 0 Å². The van der Waals surface area contributed by atoms with Gasteiger partial charge in [0.25, 0.3) is 17.7 Å². The van der Waals surface area contributed by atoms with Crippen LogP contribution in [0.5, 0.6) is 0 Å². The first-order valence-corrected chi connectivity index (χ1v) is 9.28. The van der Waals surface area contributed by atoms with Gasteiger partial charge in [0.2, 0.25) is 0 Å². The number of hydrogen-bond donors (Lipinski definition) is 1. The molecule has 8 nitrogen and oxygen atoms in total. The van der Waals surface area contributed by atoms with Gasteiger partial charge in [-0.15, -0.1) is 0 Å². The molecule has 0 fully saturated rings. The van der Waals surface area contributed by atoms with Gasteiger partial charge < -0.3 is 14.5 Å². The molecule has 8 heteroatoms. The number of benzene rings is 2. The van der Waals surface area contributed by atoms with E-state index in [1.165, 1.54) is 36.6 Å². The van der Waals surface area contributed by atoms with Crippen molar-refractivity contribution in [1.29, 1.82) is 0 Å². The molecular formula is C23H16N2O6. The van der Waals surface area contributed by atoms with Crippen LogP contribution in [0.15, 0.2) is 83.1 Å². The number of ether oxygens (including phenoxy) is 1. The first-order valence-electron chi connectivity index (χ1n) is 9.28. The summed E-state index contributed by atoms with van der Waals surface area (Å²) in [6, 6.07) is 18.1. The number of carbonyl (C=O) groups excluding carboxylic acids is 4. The quantitative estimate of drug-likeness (QED) is 0.376. The van der Waals surface area contributed by atoms with Crippen LogP contribution >= 0.6 is 0 Å². The summed E-state index contributed by atoms with van der Waals surface area (Å²) in [5.41, 5.74) is 0.948. The van der Waals surface area contributed by atoms with E-state index < -0.39 is 30.4 Å². The van der Waals surface area contributed by atoms with E-state index >= 15 is 0 Å². The fourth-order valence-electron chi connectivity index (χ4n) is 3.01. The van der Waals surface area contributed by atoms with E-state index in [0.717, 1.165) is 4.90 Å². The van der Waals surface area contributed by atoms with Crippen molar-refractivity contribution in [2.24, 2.45) is 0 Å². The first-order chi connectivity index (χ1) is 15.0. The predicted octanol–water partition coefficient (Wildman–Crippen LogP) is 2.85. The summed E-state index contributed by atoms with van der Waals surface area (Å²) in [5.74, 6) is -2.67. The molecule has 154 valence electrons. The molecule has 0 spiro atoms. The van der Waals surface area contributed by atoms with Crippen LogP contribution in [0.2, 0.25) is 0 Å². The molecule has 0 saturated heterocycles. The fraction of sp³-hybridized carbons (Fsp3) is 0.0435. The Bertz CT molecular complexity index is 1150. The van der Waals surface area contributed by atoms with E-state index in [-0.39, 0.29) is 22.6 Å². The SMILES string of the molecule is O=C(OCN1C(=O)c2ccccc2C1=O)/C(=C/c1ccccc1)NC(=O)c1ccco1. The number of fused-ring (bicyclic) bond motifs is 1. The summed E-state index contributed by atoms with van der Waals surface area (Å²) in [5, 5.41) is 2.45. The van der Waals surface area contributed by atoms with Crippen molar-refractivity contribution >= 4 is 29.8 Å². The summed E-state index contributed by atoms with van der Waals surface area (Å²) in [7, 11) is 0. The zero-order chi connectivity index (χ0) is 21.8. The Morgan fingerprint density at radius 1 is 0.903 bits per heavy atom. The lowest BCUT2D eigenvalue weighted by Gasteiger charge is -2.15. The number of furan rings is 1.